The lowest BCUT2D eigenvalue weighted by atomic mass is 10.1. The van der Waals surface area contributed by atoms with Gasteiger partial charge in [0.05, 0.1) is 0 Å². The summed E-state index contributed by atoms with van der Waals surface area (Å²) < 4.78 is 0. The van der Waals surface area contributed by atoms with Crippen LogP contribution >= 0.6 is 11.8 Å². The molecule has 2 aliphatic rings. The van der Waals surface area contributed by atoms with Crippen molar-refractivity contribution in [3.63, 3.8) is 0 Å². The lowest BCUT2D eigenvalue weighted by Gasteiger charge is -2.31. The zero-order valence-corrected chi connectivity index (χ0v) is 11.9. The van der Waals surface area contributed by atoms with E-state index in [1.54, 1.807) is 0 Å². The zero-order valence-electron chi connectivity index (χ0n) is 11.1. The Labute approximate surface area is 114 Å². The predicted octanol–water partition coefficient (Wildman–Crippen LogP) is 2.98. The van der Waals surface area contributed by atoms with E-state index in [2.05, 4.69) is 47.1 Å². The molecular formula is C15H22N2S. The molecule has 0 amide bonds. The summed E-state index contributed by atoms with van der Waals surface area (Å²) in [6.45, 7) is 7.03. The maximum Gasteiger partial charge on any atom is 0.0376 e. The second-order valence-electron chi connectivity index (χ2n) is 5.30. The van der Waals surface area contributed by atoms with Gasteiger partial charge in [-0.25, -0.2) is 0 Å². The van der Waals surface area contributed by atoms with Crippen LogP contribution in [0.2, 0.25) is 0 Å². The summed E-state index contributed by atoms with van der Waals surface area (Å²) in [6.07, 6.45) is 2.49. The monoisotopic (exact) mass is 262 g/mol. The molecule has 1 aromatic rings. The molecule has 0 aliphatic carbocycles. The number of nitrogens with zero attached hydrogens (tertiary/aromatic N) is 1. The maximum absolute atomic E-state index is 3.48. The fraction of sp³-hybridized carbons (Fsp3) is 0.600. The van der Waals surface area contributed by atoms with Gasteiger partial charge in [-0.2, -0.15) is 11.8 Å². The van der Waals surface area contributed by atoms with Gasteiger partial charge in [0.2, 0.25) is 0 Å². The van der Waals surface area contributed by atoms with E-state index in [4.69, 9.17) is 0 Å². The molecule has 1 aromatic carbocycles. The fourth-order valence-electron chi connectivity index (χ4n) is 2.87. The molecule has 2 nitrogen and oxygen atoms in total. The number of rotatable bonds is 3. The van der Waals surface area contributed by atoms with Crippen LogP contribution in [0.5, 0.6) is 0 Å². The molecule has 1 N–H and O–H groups in total. The van der Waals surface area contributed by atoms with Crippen molar-refractivity contribution >= 4 is 17.4 Å². The summed E-state index contributed by atoms with van der Waals surface area (Å²) in [4.78, 5) is 2.61. The third-order valence-electron chi connectivity index (χ3n) is 3.97. The molecule has 0 bridgehead atoms. The van der Waals surface area contributed by atoms with Gasteiger partial charge in [0.15, 0.2) is 0 Å². The molecule has 2 aliphatic heterocycles. The lowest BCUT2D eigenvalue weighted by molar-refractivity contribution is 0.273. The first-order chi connectivity index (χ1) is 8.85. The Bertz CT molecular complexity index is 419. The zero-order chi connectivity index (χ0) is 12.4. The van der Waals surface area contributed by atoms with Gasteiger partial charge in [-0.1, -0.05) is 19.1 Å². The standard InChI is InChI=1S/C15H22N2S/c1-2-14-11-17(7-8-18-14)10-12-3-4-13-5-6-16-15(13)9-12/h3-4,9,14,16H,2,5-8,10-11H2,1H3. The van der Waals surface area contributed by atoms with E-state index >= 15 is 0 Å². The lowest BCUT2D eigenvalue weighted by Crippen LogP contribution is -2.37. The average molecular weight is 262 g/mol. The molecule has 1 saturated heterocycles. The van der Waals surface area contributed by atoms with Crippen LogP contribution in [-0.4, -0.2) is 35.5 Å². The first kappa shape index (κ1) is 12.4. The quantitative estimate of drug-likeness (QED) is 0.901. The molecule has 1 atom stereocenters. The summed E-state index contributed by atoms with van der Waals surface area (Å²) in [6, 6.07) is 6.97. The van der Waals surface area contributed by atoms with Crippen molar-refractivity contribution in [2.45, 2.75) is 31.6 Å². The Hall–Kier alpha value is -0.670. The second kappa shape index (κ2) is 5.54. The molecule has 98 valence electrons. The van der Waals surface area contributed by atoms with Gasteiger partial charge in [0.1, 0.15) is 0 Å². The largest absolute Gasteiger partial charge is 0.384 e. The molecule has 0 saturated carbocycles. The Balaban J connectivity index is 1.65. The molecule has 0 aromatic heterocycles. The minimum Gasteiger partial charge on any atom is -0.384 e. The molecule has 1 unspecified atom stereocenters. The number of nitrogens with one attached hydrogen (secondary N) is 1. The Kier molecular flexibility index (Phi) is 3.80. The number of anilines is 1. The minimum atomic E-state index is 0.839. The van der Waals surface area contributed by atoms with E-state index in [9.17, 15) is 0 Å². The molecule has 3 heteroatoms. The summed E-state index contributed by atoms with van der Waals surface area (Å²) >= 11 is 2.14. The van der Waals surface area contributed by atoms with Gasteiger partial charge in [-0.05, 0) is 30.0 Å². The summed E-state index contributed by atoms with van der Waals surface area (Å²) in [5.74, 6) is 1.29. The van der Waals surface area contributed by atoms with Gasteiger partial charge in [-0.3, -0.25) is 4.90 Å². The number of hydrogen-bond acceptors (Lipinski definition) is 3. The maximum atomic E-state index is 3.48. The van der Waals surface area contributed by atoms with Crippen LogP contribution < -0.4 is 5.32 Å². The molecule has 0 spiro atoms. The summed E-state index contributed by atoms with van der Waals surface area (Å²) in [5.41, 5.74) is 4.32. The number of hydrogen-bond donors (Lipinski definition) is 1. The number of fused-ring (bicyclic) bond motifs is 1. The number of thioether (sulfide) groups is 1. The second-order valence-corrected chi connectivity index (χ2v) is 6.71. The highest BCUT2D eigenvalue weighted by Gasteiger charge is 2.19. The van der Waals surface area contributed by atoms with Gasteiger partial charge in [0.25, 0.3) is 0 Å². The molecule has 18 heavy (non-hydrogen) atoms. The molecule has 1 fully saturated rings. The van der Waals surface area contributed by atoms with Crippen molar-refractivity contribution in [1.82, 2.24) is 4.90 Å². The van der Waals surface area contributed by atoms with Crippen LogP contribution in [0.1, 0.15) is 24.5 Å². The van der Waals surface area contributed by atoms with Crippen molar-refractivity contribution in [2.24, 2.45) is 0 Å². The van der Waals surface area contributed by atoms with Crippen molar-refractivity contribution in [2.75, 3.05) is 30.7 Å². The van der Waals surface area contributed by atoms with E-state index in [0.29, 0.717) is 0 Å². The highest BCUT2D eigenvalue weighted by molar-refractivity contribution is 8.00. The smallest absolute Gasteiger partial charge is 0.0376 e. The van der Waals surface area contributed by atoms with Crippen molar-refractivity contribution < 1.29 is 0 Å². The van der Waals surface area contributed by atoms with E-state index in [1.807, 2.05) is 0 Å². The van der Waals surface area contributed by atoms with Crippen LogP contribution in [0.3, 0.4) is 0 Å². The molecular weight excluding hydrogens is 240 g/mol. The SMILES string of the molecule is CCC1CN(Cc2ccc3c(c2)NCC3)CCS1. The van der Waals surface area contributed by atoms with E-state index in [-0.39, 0.29) is 0 Å². The fourth-order valence-corrected chi connectivity index (χ4v) is 4.11. The van der Waals surface area contributed by atoms with Gasteiger partial charge >= 0.3 is 0 Å². The van der Waals surface area contributed by atoms with Crippen LogP contribution in [0.4, 0.5) is 5.69 Å². The average Bonchev–Trinajstić information content (AvgIpc) is 2.86. The molecule has 0 radical (unpaired) electrons. The van der Waals surface area contributed by atoms with Gasteiger partial charge in [0, 0.05) is 42.9 Å². The summed E-state index contributed by atoms with van der Waals surface area (Å²) in [7, 11) is 0. The highest BCUT2D eigenvalue weighted by Crippen LogP contribution is 2.26. The normalized spacial score (nSPS) is 23.7. The summed E-state index contributed by atoms with van der Waals surface area (Å²) in [5, 5.41) is 4.31. The molecule has 2 heterocycles. The Morgan fingerprint density at radius 2 is 2.39 bits per heavy atom. The first-order valence-corrected chi connectivity index (χ1v) is 8.09. The van der Waals surface area contributed by atoms with Gasteiger partial charge < -0.3 is 5.32 Å². The third-order valence-corrected chi connectivity index (χ3v) is 5.34. The Morgan fingerprint density at radius 1 is 1.44 bits per heavy atom. The third kappa shape index (κ3) is 2.67. The van der Waals surface area contributed by atoms with Crippen LogP contribution in [0.25, 0.3) is 0 Å². The van der Waals surface area contributed by atoms with Crippen molar-refractivity contribution in [3.8, 4) is 0 Å². The topological polar surface area (TPSA) is 15.3 Å². The van der Waals surface area contributed by atoms with Gasteiger partial charge in [-0.15, -0.1) is 0 Å². The van der Waals surface area contributed by atoms with Crippen molar-refractivity contribution in [3.05, 3.63) is 29.3 Å². The van der Waals surface area contributed by atoms with Crippen molar-refractivity contribution in [1.29, 1.82) is 0 Å². The van der Waals surface area contributed by atoms with E-state index in [0.717, 1.165) is 18.3 Å². The van der Waals surface area contributed by atoms with E-state index in [1.165, 1.54) is 48.5 Å². The number of benzene rings is 1. The van der Waals surface area contributed by atoms with Crippen LogP contribution in [0.15, 0.2) is 18.2 Å². The van der Waals surface area contributed by atoms with Crippen LogP contribution in [0, 0.1) is 0 Å². The predicted molar refractivity (Wildman–Crippen MR) is 80.4 cm³/mol. The highest BCUT2D eigenvalue weighted by atomic mass is 32.2. The Morgan fingerprint density at radius 3 is 3.28 bits per heavy atom. The first-order valence-electron chi connectivity index (χ1n) is 7.05. The minimum absolute atomic E-state index is 0.839. The molecule has 3 rings (SSSR count). The van der Waals surface area contributed by atoms with E-state index < -0.39 is 0 Å². The van der Waals surface area contributed by atoms with Crippen LogP contribution in [-0.2, 0) is 13.0 Å².